The summed E-state index contributed by atoms with van der Waals surface area (Å²) in [5, 5.41) is 2.73. The molecule has 27 heavy (non-hydrogen) atoms. The Balaban J connectivity index is 1.83. The predicted molar refractivity (Wildman–Crippen MR) is 99.2 cm³/mol. The van der Waals surface area contributed by atoms with Gasteiger partial charge in [-0.1, -0.05) is 30.3 Å². The third kappa shape index (κ3) is 6.33. The van der Waals surface area contributed by atoms with E-state index in [1.54, 1.807) is 19.1 Å². The van der Waals surface area contributed by atoms with Gasteiger partial charge >= 0.3 is 5.97 Å². The second-order valence-corrected chi connectivity index (χ2v) is 6.25. The smallest absolute Gasteiger partial charge is 0.338 e. The molecule has 0 saturated carbocycles. The van der Waals surface area contributed by atoms with E-state index in [1.807, 2.05) is 12.1 Å². The van der Waals surface area contributed by atoms with Crippen molar-refractivity contribution in [1.29, 1.82) is 0 Å². The summed E-state index contributed by atoms with van der Waals surface area (Å²) >= 11 is 0. The Morgan fingerprint density at radius 2 is 1.70 bits per heavy atom. The fraction of sp³-hybridized carbons (Fsp3) is 0.286. The molecule has 0 radical (unpaired) electrons. The Morgan fingerprint density at radius 3 is 2.33 bits per heavy atom. The average Bonchev–Trinajstić information content (AvgIpc) is 2.65. The minimum atomic E-state index is -0.739. The molecular weight excluding hydrogens is 349 g/mol. The van der Waals surface area contributed by atoms with Crippen molar-refractivity contribution in [2.75, 3.05) is 13.2 Å². The van der Waals surface area contributed by atoms with Crippen LogP contribution >= 0.6 is 0 Å². The molecule has 142 valence electrons. The molecule has 2 rings (SSSR count). The number of rotatable bonds is 8. The third-order valence-corrected chi connectivity index (χ3v) is 4.03. The average molecular weight is 371 g/mol. The number of nitrogens with one attached hydrogen (secondary N) is 1. The maximum absolute atomic E-state index is 13.5. The quantitative estimate of drug-likeness (QED) is 0.439. The van der Waals surface area contributed by atoms with Gasteiger partial charge in [-0.05, 0) is 43.0 Å². The van der Waals surface area contributed by atoms with Crippen molar-refractivity contribution >= 4 is 17.7 Å². The van der Waals surface area contributed by atoms with Gasteiger partial charge in [0.2, 0.25) is 5.91 Å². The van der Waals surface area contributed by atoms with Gasteiger partial charge in [-0.15, -0.1) is 0 Å². The van der Waals surface area contributed by atoms with Crippen LogP contribution in [0.25, 0.3) is 0 Å². The number of ether oxygens (including phenoxy) is 1. The molecular formula is C21H22FNO4. The summed E-state index contributed by atoms with van der Waals surface area (Å²) in [7, 11) is 0. The molecule has 0 unspecified atom stereocenters. The van der Waals surface area contributed by atoms with Crippen molar-refractivity contribution in [3.05, 3.63) is 70.5 Å². The maximum Gasteiger partial charge on any atom is 0.338 e. The van der Waals surface area contributed by atoms with Gasteiger partial charge < -0.3 is 10.1 Å². The van der Waals surface area contributed by atoms with Crippen LogP contribution in [0, 0.1) is 12.7 Å². The molecule has 0 fully saturated rings. The molecule has 0 aliphatic rings. The molecule has 0 atom stereocenters. The lowest BCUT2D eigenvalue weighted by molar-refractivity contribution is -0.118. The van der Waals surface area contributed by atoms with E-state index in [1.165, 1.54) is 19.1 Å². The monoisotopic (exact) mass is 371 g/mol. The van der Waals surface area contributed by atoms with E-state index in [-0.39, 0.29) is 17.3 Å². The fourth-order valence-corrected chi connectivity index (χ4v) is 2.43. The second kappa shape index (κ2) is 9.62. The molecule has 0 aliphatic heterocycles. The van der Waals surface area contributed by atoms with Crippen molar-refractivity contribution in [2.24, 2.45) is 0 Å². The first-order chi connectivity index (χ1) is 12.9. The topological polar surface area (TPSA) is 72.5 Å². The molecule has 2 aromatic rings. The van der Waals surface area contributed by atoms with Crippen LogP contribution < -0.4 is 5.32 Å². The highest BCUT2D eigenvalue weighted by molar-refractivity contribution is 5.99. The molecule has 6 heteroatoms. The molecule has 2 aromatic carbocycles. The summed E-state index contributed by atoms with van der Waals surface area (Å²) in [5.74, 6) is -1.62. The van der Waals surface area contributed by atoms with E-state index >= 15 is 0 Å². The number of aryl methyl sites for hydroxylation is 2. The van der Waals surface area contributed by atoms with E-state index in [9.17, 15) is 18.8 Å². The van der Waals surface area contributed by atoms with Crippen LogP contribution in [-0.4, -0.2) is 30.8 Å². The lowest BCUT2D eigenvalue weighted by Crippen LogP contribution is -2.21. The first-order valence-corrected chi connectivity index (χ1v) is 8.66. The summed E-state index contributed by atoms with van der Waals surface area (Å²) < 4.78 is 18.5. The predicted octanol–water partition coefficient (Wildman–Crippen LogP) is 3.24. The van der Waals surface area contributed by atoms with Crippen LogP contribution in [0.4, 0.5) is 4.39 Å². The van der Waals surface area contributed by atoms with Crippen molar-refractivity contribution < 1.29 is 23.5 Å². The summed E-state index contributed by atoms with van der Waals surface area (Å²) in [4.78, 5) is 34.9. The Labute approximate surface area is 157 Å². The lowest BCUT2D eigenvalue weighted by Gasteiger charge is -2.07. The number of Topliss-reactive ketones (excluding diaryl/α,β-unsaturated/α-hetero) is 1. The van der Waals surface area contributed by atoms with Gasteiger partial charge in [0, 0.05) is 19.0 Å². The molecule has 0 heterocycles. The lowest BCUT2D eigenvalue weighted by atomic mass is 10.1. The number of hydrogen-bond acceptors (Lipinski definition) is 4. The van der Waals surface area contributed by atoms with Gasteiger partial charge in [0.05, 0.1) is 5.56 Å². The van der Waals surface area contributed by atoms with Crippen LogP contribution in [0.3, 0.4) is 0 Å². The Hall–Kier alpha value is -3.02. The summed E-state index contributed by atoms with van der Waals surface area (Å²) in [6.07, 6.45) is 1.58. The fourth-order valence-electron chi connectivity index (χ4n) is 2.43. The number of carbonyl (C=O) groups excluding carboxylic acids is 3. The van der Waals surface area contributed by atoms with Gasteiger partial charge in [-0.3, -0.25) is 9.59 Å². The number of hydrogen-bond donors (Lipinski definition) is 1. The first kappa shape index (κ1) is 20.3. The number of halogens is 1. The van der Waals surface area contributed by atoms with E-state index in [4.69, 9.17) is 4.74 Å². The highest BCUT2D eigenvalue weighted by atomic mass is 19.1. The second-order valence-electron chi connectivity index (χ2n) is 6.25. The summed E-state index contributed by atoms with van der Waals surface area (Å²) in [6, 6.07) is 11.1. The molecule has 0 aliphatic carbocycles. The molecule has 1 N–H and O–H groups in total. The SMILES string of the molecule is CC(=O)NCCCc1ccc(C(=O)COC(=O)c2ccc(C)c(F)c2)cc1. The summed E-state index contributed by atoms with van der Waals surface area (Å²) in [5.41, 5.74) is 1.98. The van der Waals surface area contributed by atoms with Crippen LogP contribution in [0.1, 0.15) is 45.2 Å². The van der Waals surface area contributed by atoms with E-state index in [0.29, 0.717) is 17.7 Å². The number of amides is 1. The highest BCUT2D eigenvalue weighted by Gasteiger charge is 2.13. The van der Waals surface area contributed by atoms with Crippen LogP contribution in [0.5, 0.6) is 0 Å². The number of carbonyl (C=O) groups is 3. The maximum atomic E-state index is 13.5. The van der Waals surface area contributed by atoms with Gasteiger partial charge in [-0.25, -0.2) is 9.18 Å². The number of ketones is 1. The van der Waals surface area contributed by atoms with Crippen molar-refractivity contribution in [3.63, 3.8) is 0 Å². The number of benzene rings is 2. The first-order valence-electron chi connectivity index (χ1n) is 8.66. The van der Waals surface area contributed by atoms with Crippen molar-refractivity contribution in [3.8, 4) is 0 Å². The zero-order valence-corrected chi connectivity index (χ0v) is 15.4. The molecule has 1 amide bonds. The standard InChI is InChI=1S/C21H22FNO4/c1-14-5-8-18(12-19(14)22)21(26)27-13-20(25)17-9-6-16(7-10-17)4-3-11-23-15(2)24/h5-10,12H,3-4,11,13H2,1-2H3,(H,23,24). The molecule has 0 aromatic heterocycles. The van der Waals surface area contributed by atoms with E-state index in [2.05, 4.69) is 5.32 Å². The van der Waals surface area contributed by atoms with Gasteiger partial charge in [0.1, 0.15) is 5.82 Å². The normalized spacial score (nSPS) is 10.3. The van der Waals surface area contributed by atoms with Gasteiger partial charge in [-0.2, -0.15) is 0 Å². The molecule has 0 spiro atoms. The number of esters is 1. The van der Waals surface area contributed by atoms with E-state index in [0.717, 1.165) is 24.5 Å². The Kier molecular flexibility index (Phi) is 7.23. The Bertz CT molecular complexity index is 831. The van der Waals surface area contributed by atoms with Gasteiger partial charge in [0.15, 0.2) is 12.4 Å². The molecule has 0 saturated heterocycles. The van der Waals surface area contributed by atoms with Crippen LogP contribution in [0.15, 0.2) is 42.5 Å². The summed E-state index contributed by atoms with van der Waals surface area (Å²) in [6.45, 7) is 3.27. The zero-order valence-electron chi connectivity index (χ0n) is 15.4. The van der Waals surface area contributed by atoms with Gasteiger partial charge in [0.25, 0.3) is 0 Å². The minimum Gasteiger partial charge on any atom is -0.454 e. The largest absolute Gasteiger partial charge is 0.454 e. The third-order valence-electron chi connectivity index (χ3n) is 4.03. The van der Waals surface area contributed by atoms with Crippen LogP contribution in [-0.2, 0) is 16.0 Å². The minimum absolute atomic E-state index is 0.0566. The molecule has 0 bridgehead atoms. The molecule has 5 nitrogen and oxygen atoms in total. The van der Waals surface area contributed by atoms with E-state index < -0.39 is 18.4 Å². The Morgan fingerprint density at radius 1 is 1.04 bits per heavy atom. The van der Waals surface area contributed by atoms with Crippen molar-refractivity contribution in [2.45, 2.75) is 26.7 Å². The zero-order chi connectivity index (χ0) is 19.8. The van der Waals surface area contributed by atoms with Crippen molar-refractivity contribution in [1.82, 2.24) is 5.32 Å². The highest BCUT2D eigenvalue weighted by Crippen LogP contribution is 2.11. The van der Waals surface area contributed by atoms with Crippen LogP contribution in [0.2, 0.25) is 0 Å².